The molecule has 0 bridgehead atoms. The Balaban J connectivity index is 1.83. The molecule has 0 aliphatic heterocycles. The third-order valence-electron chi connectivity index (χ3n) is 4.38. The molecule has 0 radical (unpaired) electrons. The van der Waals surface area contributed by atoms with Crippen molar-refractivity contribution in [2.24, 2.45) is 7.05 Å². The van der Waals surface area contributed by atoms with Crippen LogP contribution in [0.5, 0.6) is 0 Å². The van der Waals surface area contributed by atoms with Crippen LogP contribution in [0.2, 0.25) is 0 Å². The summed E-state index contributed by atoms with van der Waals surface area (Å²) < 4.78 is 1.83. The van der Waals surface area contributed by atoms with E-state index in [-0.39, 0.29) is 6.61 Å². The summed E-state index contributed by atoms with van der Waals surface area (Å²) in [7, 11) is 1.92. The van der Waals surface area contributed by atoms with Crippen LogP contribution >= 0.6 is 0 Å². The average Bonchev–Trinajstić information content (AvgIpc) is 2.89. The van der Waals surface area contributed by atoms with Crippen LogP contribution in [0, 0.1) is 0 Å². The Kier molecular flexibility index (Phi) is 3.88. The molecular weight excluding hydrogens is 248 g/mol. The molecule has 0 atom stereocenters. The number of aryl methyl sites for hydroxylation is 1. The molecule has 20 heavy (non-hydrogen) atoms. The van der Waals surface area contributed by atoms with Gasteiger partial charge in [-0.3, -0.25) is 4.68 Å². The van der Waals surface area contributed by atoms with Crippen molar-refractivity contribution in [3.8, 4) is 11.3 Å². The zero-order valence-electron chi connectivity index (χ0n) is 12.0. The van der Waals surface area contributed by atoms with Crippen molar-refractivity contribution in [2.45, 2.75) is 44.6 Å². The van der Waals surface area contributed by atoms with Crippen LogP contribution in [0.3, 0.4) is 0 Å². The van der Waals surface area contributed by atoms with Gasteiger partial charge in [-0.25, -0.2) is 0 Å². The van der Waals surface area contributed by atoms with Gasteiger partial charge in [0.2, 0.25) is 0 Å². The maximum absolute atomic E-state index is 9.16. The molecule has 3 heteroatoms. The number of hydrogen-bond donors (Lipinski definition) is 1. The maximum Gasteiger partial charge on any atom is 0.0885 e. The number of aromatic nitrogens is 2. The average molecular weight is 270 g/mol. The smallest absolute Gasteiger partial charge is 0.0885 e. The number of hydrogen-bond acceptors (Lipinski definition) is 2. The van der Waals surface area contributed by atoms with E-state index < -0.39 is 0 Å². The van der Waals surface area contributed by atoms with Crippen molar-refractivity contribution in [1.29, 1.82) is 0 Å². The van der Waals surface area contributed by atoms with E-state index >= 15 is 0 Å². The van der Waals surface area contributed by atoms with E-state index in [9.17, 15) is 0 Å². The second-order valence-corrected chi connectivity index (χ2v) is 5.76. The van der Waals surface area contributed by atoms with E-state index in [1.54, 1.807) is 0 Å². The SMILES string of the molecule is Cn1nc(CO)cc1-c1ccc(C2CCCCC2)cc1. The van der Waals surface area contributed by atoms with Crippen molar-refractivity contribution in [3.63, 3.8) is 0 Å². The number of aliphatic hydroxyl groups excluding tert-OH is 1. The van der Waals surface area contributed by atoms with Crippen molar-refractivity contribution in [2.75, 3.05) is 0 Å². The van der Waals surface area contributed by atoms with Crippen molar-refractivity contribution < 1.29 is 5.11 Å². The summed E-state index contributed by atoms with van der Waals surface area (Å²) in [6.07, 6.45) is 6.80. The third-order valence-corrected chi connectivity index (χ3v) is 4.38. The summed E-state index contributed by atoms with van der Waals surface area (Å²) >= 11 is 0. The predicted octanol–water partition coefficient (Wildman–Crippen LogP) is 3.63. The summed E-state index contributed by atoms with van der Waals surface area (Å²) in [4.78, 5) is 0. The van der Waals surface area contributed by atoms with Gasteiger partial charge in [0.25, 0.3) is 0 Å². The number of benzene rings is 1. The zero-order chi connectivity index (χ0) is 13.9. The van der Waals surface area contributed by atoms with Gasteiger partial charge in [-0.05, 0) is 36.0 Å². The van der Waals surface area contributed by atoms with Gasteiger partial charge < -0.3 is 5.11 Å². The highest BCUT2D eigenvalue weighted by molar-refractivity contribution is 5.60. The van der Waals surface area contributed by atoms with E-state index in [0.717, 1.165) is 17.3 Å². The second-order valence-electron chi connectivity index (χ2n) is 5.76. The summed E-state index contributed by atoms with van der Waals surface area (Å²) in [6, 6.07) is 10.8. The molecule has 1 aromatic carbocycles. The Morgan fingerprint density at radius 2 is 1.85 bits per heavy atom. The van der Waals surface area contributed by atoms with Gasteiger partial charge in [-0.15, -0.1) is 0 Å². The Morgan fingerprint density at radius 1 is 1.15 bits per heavy atom. The molecule has 1 aliphatic carbocycles. The number of nitrogens with zero attached hydrogens (tertiary/aromatic N) is 2. The van der Waals surface area contributed by atoms with Crippen LogP contribution in [0.15, 0.2) is 30.3 Å². The van der Waals surface area contributed by atoms with Gasteiger partial charge in [0, 0.05) is 7.05 Å². The lowest BCUT2D eigenvalue weighted by Gasteiger charge is -2.22. The fourth-order valence-corrected chi connectivity index (χ4v) is 3.24. The zero-order valence-corrected chi connectivity index (χ0v) is 12.0. The van der Waals surface area contributed by atoms with E-state index in [4.69, 9.17) is 5.11 Å². The van der Waals surface area contributed by atoms with Crippen LogP contribution in [0.25, 0.3) is 11.3 Å². The van der Waals surface area contributed by atoms with Crippen LogP contribution in [0.1, 0.15) is 49.3 Å². The van der Waals surface area contributed by atoms with Crippen LogP contribution in [-0.2, 0) is 13.7 Å². The fourth-order valence-electron chi connectivity index (χ4n) is 3.24. The molecule has 1 fully saturated rings. The molecule has 0 amide bonds. The van der Waals surface area contributed by atoms with Gasteiger partial charge in [-0.2, -0.15) is 5.10 Å². The number of aliphatic hydroxyl groups is 1. The molecule has 3 nitrogen and oxygen atoms in total. The molecule has 106 valence electrons. The van der Waals surface area contributed by atoms with E-state index in [0.29, 0.717) is 0 Å². The lowest BCUT2D eigenvalue weighted by Crippen LogP contribution is -2.04. The van der Waals surface area contributed by atoms with Crippen LogP contribution < -0.4 is 0 Å². The van der Waals surface area contributed by atoms with Crippen molar-refractivity contribution >= 4 is 0 Å². The van der Waals surface area contributed by atoms with Crippen molar-refractivity contribution in [3.05, 3.63) is 41.6 Å². The van der Waals surface area contributed by atoms with Gasteiger partial charge >= 0.3 is 0 Å². The normalized spacial score (nSPS) is 16.5. The maximum atomic E-state index is 9.16. The van der Waals surface area contributed by atoms with Crippen LogP contribution in [0.4, 0.5) is 0 Å². The van der Waals surface area contributed by atoms with E-state index in [1.165, 1.54) is 43.2 Å². The first-order chi connectivity index (χ1) is 9.78. The lowest BCUT2D eigenvalue weighted by atomic mass is 9.84. The molecule has 2 aromatic rings. The molecule has 3 rings (SSSR count). The van der Waals surface area contributed by atoms with E-state index in [2.05, 4.69) is 29.4 Å². The fraction of sp³-hybridized carbons (Fsp3) is 0.471. The van der Waals surface area contributed by atoms with Gasteiger partial charge in [0.1, 0.15) is 0 Å². The highest BCUT2D eigenvalue weighted by Gasteiger charge is 2.15. The summed E-state index contributed by atoms with van der Waals surface area (Å²) in [5.74, 6) is 0.748. The highest BCUT2D eigenvalue weighted by atomic mass is 16.3. The Labute approximate surface area is 120 Å². The lowest BCUT2D eigenvalue weighted by molar-refractivity contribution is 0.275. The first-order valence-electron chi connectivity index (χ1n) is 7.52. The summed E-state index contributed by atoms with van der Waals surface area (Å²) in [5, 5.41) is 13.4. The molecule has 1 saturated carbocycles. The quantitative estimate of drug-likeness (QED) is 0.925. The molecular formula is C17H22N2O. The minimum absolute atomic E-state index is 0.00595. The second kappa shape index (κ2) is 5.80. The Morgan fingerprint density at radius 3 is 2.45 bits per heavy atom. The third kappa shape index (κ3) is 2.63. The molecule has 1 N–H and O–H groups in total. The molecule has 1 aromatic heterocycles. The molecule has 0 unspecified atom stereocenters. The first-order valence-corrected chi connectivity index (χ1v) is 7.52. The predicted molar refractivity (Wildman–Crippen MR) is 80.4 cm³/mol. The van der Waals surface area contributed by atoms with E-state index in [1.807, 2.05) is 17.8 Å². The van der Waals surface area contributed by atoms with Gasteiger partial charge in [-0.1, -0.05) is 43.5 Å². The molecule has 0 spiro atoms. The number of rotatable bonds is 3. The largest absolute Gasteiger partial charge is 0.390 e. The monoisotopic (exact) mass is 270 g/mol. The highest BCUT2D eigenvalue weighted by Crippen LogP contribution is 2.33. The molecule has 0 saturated heterocycles. The van der Waals surface area contributed by atoms with Crippen LogP contribution in [-0.4, -0.2) is 14.9 Å². The standard InChI is InChI=1S/C17H22N2O/c1-19-17(11-16(12-20)18-19)15-9-7-14(8-10-15)13-5-3-2-4-6-13/h7-11,13,20H,2-6,12H2,1H3. The minimum Gasteiger partial charge on any atom is -0.390 e. The molecule has 1 aliphatic rings. The Hall–Kier alpha value is -1.61. The summed E-state index contributed by atoms with van der Waals surface area (Å²) in [6.45, 7) is -0.00595. The summed E-state index contributed by atoms with van der Waals surface area (Å²) in [5.41, 5.74) is 4.42. The Bertz CT molecular complexity index is 565. The minimum atomic E-state index is -0.00595. The van der Waals surface area contributed by atoms with Gasteiger partial charge in [0.05, 0.1) is 18.0 Å². The van der Waals surface area contributed by atoms with Crippen molar-refractivity contribution in [1.82, 2.24) is 9.78 Å². The first kappa shape index (κ1) is 13.4. The van der Waals surface area contributed by atoms with Gasteiger partial charge in [0.15, 0.2) is 0 Å². The topological polar surface area (TPSA) is 38.0 Å². The molecule has 1 heterocycles.